The van der Waals surface area contributed by atoms with E-state index in [0.29, 0.717) is 6.54 Å². The predicted octanol–water partition coefficient (Wildman–Crippen LogP) is 3.31. The van der Waals surface area contributed by atoms with Gasteiger partial charge >= 0.3 is 0 Å². The van der Waals surface area contributed by atoms with Gasteiger partial charge in [0.15, 0.2) is 0 Å². The van der Waals surface area contributed by atoms with Crippen LogP contribution in [-0.4, -0.2) is 12.5 Å². The van der Waals surface area contributed by atoms with Crippen LogP contribution in [0.2, 0.25) is 5.02 Å². The van der Waals surface area contributed by atoms with E-state index in [9.17, 15) is 4.79 Å². The van der Waals surface area contributed by atoms with Gasteiger partial charge in [-0.1, -0.05) is 43.7 Å². The first-order valence-electron chi connectivity index (χ1n) is 5.62. The van der Waals surface area contributed by atoms with E-state index in [1.54, 1.807) is 6.08 Å². The maximum absolute atomic E-state index is 11.4. The molecule has 0 atom stereocenters. The Labute approximate surface area is 108 Å². The molecule has 0 bridgehead atoms. The molecule has 1 rings (SSSR count). The third-order valence-electron chi connectivity index (χ3n) is 2.65. The number of carbonyl (C=O) groups is 1. The lowest BCUT2D eigenvalue weighted by Gasteiger charge is -2.25. The lowest BCUT2D eigenvalue weighted by Crippen LogP contribution is -2.35. The van der Waals surface area contributed by atoms with Gasteiger partial charge in [0.2, 0.25) is 5.91 Å². The Balaban J connectivity index is 2.68. The van der Waals surface area contributed by atoms with Crippen molar-refractivity contribution >= 4 is 17.5 Å². The van der Waals surface area contributed by atoms with E-state index < -0.39 is 0 Å². The van der Waals surface area contributed by atoms with Crippen molar-refractivity contribution in [3.8, 4) is 0 Å². The minimum atomic E-state index is -0.109. The Kier molecular flexibility index (Phi) is 4.76. The van der Waals surface area contributed by atoms with Gasteiger partial charge in [0.05, 0.1) is 0 Å². The normalized spacial score (nSPS) is 11.8. The Bertz CT molecular complexity index is 407. The average molecular weight is 252 g/mol. The van der Waals surface area contributed by atoms with Crippen LogP contribution in [0.4, 0.5) is 0 Å². The summed E-state index contributed by atoms with van der Waals surface area (Å²) in [4.78, 5) is 11.4. The number of benzene rings is 1. The molecule has 0 heterocycles. The second kappa shape index (κ2) is 5.87. The van der Waals surface area contributed by atoms with Crippen LogP contribution in [0.25, 0.3) is 0 Å². The van der Waals surface area contributed by atoms with Gasteiger partial charge in [-0.25, -0.2) is 0 Å². The van der Waals surface area contributed by atoms with E-state index in [0.717, 1.165) is 10.6 Å². The summed E-state index contributed by atoms with van der Waals surface area (Å²) >= 11 is 5.85. The number of carbonyl (C=O) groups excluding carboxylic acids is 1. The zero-order valence-corrected chi connectivity index (χ0v) is 11.2. The third kappa shape index (κ3) is 4.23. The molecular weight excluding hydrogens is 234 g/mol. The third-order valence-corrected chi connectivity index (χ3v) is 2.90. The van der Waals surface area contributed by atoms with Gasteiger partial charge in [0.1, 0.15) is 0 Å². The van der Waals surface area contributed by atoms with E-state index >= 15 is 0 Å². The first-order chi connectivity index (χ1) is 7.95. The molecule has 92 valence electrons. The van der Waals surface area contributed by atoms with E-state index in [1.807, 2.05) is 31.2 Å². The Morgan fingerprint density at radius 2 is 1.94 bits per heavy atom. The van der Waals surface area contributed by atoms with Crippen LogP contribution in [0.5, 0.6) is 0 Å². The lowest BCUT2D eigenvalue weighted by molar-refractivity contribution is -0.116. The average Bonchev–Trinajstić information content (AvgIpc) is 2.28. The highest BCUT2D eigenvalue weighted by molar-refractivity contribution is 6.30. The van der Waals surface area contributed by atoms with Gasteiger partial charge in [-0.05, 0) is 30.7 Å². The van der Waals surface area contributed by atoms with Gasteiger partial charge in [0.25, 0.3) is 0 Å². The molecule has 1 amide bonds. The van der Waals surface area contributed by atoms with Gasteiger partial charge in [-0.15, -0.1) is 0 Å². The van der Waals surface area contributed by atoms with Crippen LogP contribution >= 0.6 is 11.6 Å². The second-order valence-corrected chi connectivity index (χ2v) is 5.05. The molecule has 1 N–H and O–H groups in total. The molecule has 1 aromatic rings. The van der Waals surface area contributed by atoms with Gasteiger partial charge in [-0.2, -0.15) is 0 Å². The smallest absolute Gasteiger partial charge is 0.243 e. The summed E-state index contributed by atoms with van der Waals surface area (Å²) in [6.07, 6.45) is 3.25. The van der Waals surface area contributed by atoms with Crippen molar-refractivity contribution in [2.24, 2.45) is 0 Å². The van der Waals surface area contributed by atoms with Crippen LogP contribution in [0.3, 0.4) is 0 Å². The fourth-order valence-corrected chi connectivity index (χ4v) is 1.65. The molecule has 17 heavy (non-hydrogen) atoms. The quantitative estimate of drug-likeness (QED) is 0.818. The van der Waals surface area contributed by atoms with E-state index in [4.69, 9.17) is 11.6 Å². The second-order valence-electron chi connectivity index (χ2n) is 4.61. The number of allylic oxidation sites excluding steroid dienone is 1. The fourth-order valence-electron chi connectivity index (χ4n) is 1.52. The molecule has 0 saturated carbocycles. The van der Waals surface area contributed by atoms with Crippen molar-refractivity contribution in [2.45, 2.75) is 26.2 Å². The molecule has 0 fully saturated rings. The highest BCUT2D eigenvalue weighted by Gasteiger charge is 2.20. The fraction of sp³-hybridized carbons (Fsp3) is 0.357. The number of nitrogens with one attached hydrogen (secondary N) is 1. The van der Waals surface area contributed by atoms with Gasteiger partial charge < -0.3 is 5.32 Å². The summed E-state index contributed by atoms with van der Waals surface area (Å²) in [6.45, 7) is 6.60. The molecule has 0 radical (unpaired) electrons. The molecule has 0 unspecified atom stereocenters. The molecule has 0 saturated heterocycles. The molecule has 0 aliphatic rings. The molecular formula is C14H18ClNO. The highest BCUT2D eigenvalue weighted by atomic mass is 35.5. The summed E-state index contributed by atoms with van der Waals surface area (Å²) in [6, 6.07) is 7.72. The van der Waals surface area contributed by atoms with Crippen molar-refractivity contribution in [2.75, 3.05) is 6.54 Å². The summed E-state index contributed by atoms with van der Waals surface area (Å²) in [7, 11) is 0. The number of amides is 1. The Morgan fingerprint density at radius 3 is 2.47 bits per heavy atom. The van der Waals surface area contributed by atoms with Crippen molar-refractivity contribution < 1.29 is 4.79 Å². The number of hydrogen-bond acceptors (Lipinski definition) is 1. The first-order valence-corrected chi connectivity index (χ1v) is 6.00. The molecule has 2 nitrogen and oxygen atoms in total. The maximum Gasteiger partial charge on any atom is 0.243 e. The monoisotopic (exact) mass is 251 g/mol. The summed E-state index contributed by atoms with van der Waals surface area (Å²) < 4.78 is 0. The largest absolute Gasteiger partial charge is 0.352 e. The summed E-state index contributed by atoms with van der Waals surface area (Å²) in [5.41, 5.74) is 1.05. The van der Waals surface area contributed by atoms with Crippen LogP contribution in [-0.2, 0) is 10.2 Å². The number of halogens is 1. The molecule has 0 spiro atoms. The minimum Gasteiger partial charge on any atom is -0.352 e. The Morgan fingerprint density at radius 1 is 1.35 bits per heavy atom. The summed E-state index contributed by atoms with van der Waals surface area (Å²) in [5, 5.41) is 3.60. The molecule has 1 aromatic carbocycles. The zero-order chi connectivity index (χ0) is 12.9. The number of rotatable bonds is 4. The minimum absolute atomic E-state index is 0.0606. The van der Waals surface area contributed by atoms with Crippen molar-refractivity contribution in [1.29, 1.82) is 0 Å². The highest BCUT2D eigenvalue weighted by Crippen LogP contribution is 2.23. The van der Waals surface area contributed by atoms with Crippen molar-refractivity contribution in [1.82, 2.24) is 5.32 Å². The molecule has 0 aromatic heterocycles. The van der Waals surface area contributed by atoms with Crippen LogP contribution < -0.4 is 5.32 Å². The molecule has 0 aliphatic carbocycles. The lowest BCUT2D eigenvalue weighted by atomic mass is 9.84. The van der Waals surface area contributed by atoms with E-state index in [1.165, 1.54) is 6.08 Å². The van der Waals surface area contributed by atoms with Crippen LogP contribution in [0, 0.1) is 0 Å². The van der Waals surface area contributed by atoms with E-state index in [2.05, 4.69) is 19.2 Å². The van der Waals surface area contributed by atoms with Crippen molar-refractivity contribution in [3.63, 3.8) is 0 Å². The van der Waals surface area contributed by atoms with Crippen molar-refractivity contribution in [3.05, 3.63) is 47.0 Å². The molecule has 0 aliphatic heterocycles. The standard InChI is InChI=1S/C14H18ClNO/c1-4-5-13(17)16-10-14(2,3)11-6-8-12(15)9-7-11/h4-9H,10H2,1-3H3,(H,16,17)/b5-4+. The topological polar surface area (TPSA) is 29.1 Å². The number of hydrogen-bond donors (Lipinski definition) is 1. The first kappa shape index (κ1) is 13.8. The predicted molar refractivity (Wildman–Crippen MR) is 72.3 cm³/mol. The van der Waals surface area contributed by atoms with Crippen LogP contribution in [0.15, 0.2) is 36.4 Å². The zero-order valence-electron chi connectivity index (χ0n) is 10.5. The maximum atomic E-state index is 11.4. The summed E-state index contributed by atoms with van der Waals surface area (Å²) in [5.74, 6) is -0.0606. The van der Waals surface area contributed by atoms with Gasteiger partial charge in [-0.3, -0.25) is 4.79 Å². The van der Waals surface area contributed by atoms with Crippen LogP contribution in [0.1, 0.15) is 26.3 Å². The Hall–Kier alpha value is -1.28. The van der Waals surface area contributed by atoms with E-state index in [-0.39, 0.29) is 11.3 Å². The SMILES string of the molecule is C/C=C/C(=O)NCC(C)(C)c1ccc(Cl)cc1. The molecule has 3 heteroatoms. The van der Waals surface area contributed by atoms with Gasteiger partial charge in [0, 0.05) is 17.0 Å².